The van der Waals surface area contributed by atoms with E-state index < -0.39 is 17.7 Å². The van der Waals surface area contributed by atoms with Crippen LogP contribution < -0.4 is 0 Å². The molecule has 9 heteroatoms. The topological polar surface area (TPSA) is 78.6 Å². The first-order chi connectivity index (χ1) is 13.0. The van der Waals surface area contributed by atoms with Crippen LogP contribution in [0.4, 0.5) is 13.2 Å². The summed E-state index contributed by atoms with van der Waals surface area (Å²) < 4.78 is 40.6. The lowest BCUT2D eigenvalue weighted by atomic mass is 9.91. The lowest BCUT2D eigenvalue weighted by molar-refractivity contribution is -0.250. The van der Waals surface area contributed by atoms with Gasteiger partial charge < -0.3 is 15.1 Å². The standard InChI is InChI=1S/C19H30F3N3O3/c1-4-15(26)6-5-13(2)25-16(7-10-23-25)14-8-11-24(12-9-14)17(27)18(3,28)19(20,21)22/h7,10,13-15,26,28H,4-6,8-9,11-12H2,1-3H3. The number of rotatable bonds is 7. The highest BCUT2D eigenvalue weighted by Gasteiger charge is 2.57. The third kappa shape index (κ3) is 4.86. The molecule has 0 aliphatic carbocycles. The Balaban J connectivity index is 1.99. The van der Waals surface area contributed by atoms with Gasteiger partial charge in [-0.25, -0.2) is 0 Å². The predicted octanol–water partition coefficient (Wildman–Crippen LogP) is 3.01. The van der Waals surface area contributed by atoms with Crippen LogP contribution in [0.2, 0.25) is 0 Å². The number of aliphatic hydroxyl groups excluding tert-OH is 1. The molecule has 2 rings (SSSR count). The number of likely N-dealkylation sites (tertiary alicyclic amines) is 1. The van der Waals surface area contributed by atoms with Crippen molar-refractivity contribution < 1.29 is 28.2 Å². The normalized spacial score (nSPS) is 20.6. The van der Waals surface area contributed by atoms with E-state index in [2.05, 4.69) is 5.10 Å². The molecule has 1 fully saturated rings. The second-order valence-corrected chi connectivity index (χ2v) is 7.83. The van der Waals surface area contributed by atoms with Gasteiger partial charge in [0.2, 0.25) is 5.60 Å². The summed E-state index contributed by atoms with van der Waals surface area (Å²) in [4.78, 5) is 13.2. The van der Waals surface area contributed by atoms with Gasteiger partial charge >= 0.3 is 6.18 Å². The van der Waals surface area contributed by atoms with Crippen molar-refractivity contribution in [2.45, 2.75) is 82.7 Å². The van der Waals surface area contributed by atoms with E-state index in [0.29, 0.717) is 32.6 Å². The Bertz CT molecular complexity index is 652. The zero-order chi connectivity index (χ0) is 21.1. The fourth-order valence-electron chi connectivity index (χ4n) is 3.58. The molecule has 1 amide bonds. The van der Waals surface area contributed by atoms with Crippen molar-refractivity contribution in [3.63, 3.8) is 0 Å². The van der Waals surface area contributed by atoms with Crippen LogP contribution in [0.25, 0.3) is 0 Å². The van der Waals surface area contributed by atoms with E-state index in [1.54, 1.807) is 6.20 Å². The number of aromatic nitrogens is 2. The minimum atomic E-state index is -5.00. The summed E-state index contributed by atoms with van der Waals surface area (Å²) >= 11 is 0. The molecular weight excluding hydrogens is 375 g/mol. The maximum Gasteiger partial charge on any atom is 0.426 e. The van der Waals surface area contributed by atoms with Crippen molar-refractivity contribution in [1.29, 1.82) is 0 Å². The van der Waals surface area contributed by atoms with Crippen LogP contribution in [0.5, 0.6) is 0 Å². The number of alkyl halides is 3. The molecule has 1 aliphatic rings. The van der Waals surface area contributed by atoms with E-state index in [-0.39, 0.29) is 31.2 Å². The maximum absolute atomic E-state index is 12.9. The van der Waals surface area contributed by atoms with E-state index in [0.717, 1.165) is 17.0 Å². The summed E-state index contributed by atoms with van der Waals surface area (Å²) in [6.45, 7) is 4.77. The summed E-state index contributed by atoms with van der Waals surface area (Å²) in [6, 6.07) is 2.00. The number of nitrogens with zero attached hydrogens (tertiary/aromatic N) is 3. The lowest BCUT2D eigenvalue weighted by Gasteiger charge is -2.37. The van der Waals surface area contributed by atoms with Crippen LogP contribution in [0.1, 0.15) is 70.5 Å². The van der Waals surface area contributed by atoms with Crippen molar-refractivity contribution in [1.82, 2.24) is 14.7 Å². The van der Waals surface area contributed by atoms with Gasteiger partial charge in [-0.05, 0) is 52.0 Å². The predicted molar refractivity (Wildman–Crippen MR) is 97.7 cm³/mol. The van der Waals surface area contributed by atoms with Gasteiger partial charge in [0.1, 0.15) is 0 Å². The molecule has 160 valence electrons. The Labute approximate surface area is 163 Å². The number of amides is 1. The molecule has 0 aromatic carbocycles. The Morgan fingerprint density at radius 1 is 1.32 bits per heavy atom. The van der Waals surface area contributed by atoms with Gasteiger partial charge in [0.25, 0.3) is 5.91 Å². The van der Waals surface area contributed by atoms with Crippen LogP contribution >= 0.6 is 0 Å². The maximum atomic E-state index is 12.9. The Morgan fingerprint density at radius 2 is 1.93 bits per heavy atom. The van der Waals surface area contributed by atoms with Crippen molar-refractivity contribution in [2.75, 3.05) is 13.1 Å². The smallest absolute Gasteiger partial charge is 0.393 e. The molecule has 1 aliphatic heterocycles. The van der Waals surface area contributed by atoms with Crippen LogP contribution in [-0.4, -0.2) is 61.8 Å². The van der Waals surface area contributed by atoms with E-state index in [4.69, 9.17) is 0 Å². The molecule has 0 radical (unpaired) electrons. The number of halogens is 3. The molecule has 1 aromatic heterocycles. The van der Waals surface area contributed by atoms with Gasteiger partial charge in [-0.15, -0.1) is 0 Å². The largest absolute Gasteiger partial charge is 0.426 e. The molecular formula is C19H30F3N3O3. The van der Waals surface area contributed by atoms with Crippen molar-refractivity contribution in [3.05, 3.63) is 18.0 Å². The molecule has 3 atom stereocenters. The Kier molecular flexibility index (Phi) is 7.14. The summed E-state index contributed by atoms with van der Waals surface area (Å²) in [7, 11) is 0. The highest BCUT2D eigenvalue weighted by molar-refractivity contribution is 5.85. The average molecular weight is 405 g/mol. The fourth-order valence-corrected chi connectivity index (χ4v) is 3.58. The number of aliphatic hydroxyl groups is 2. The summed E-state index contributed by atoms with van der Waals surface area (Å²) in [5.74, 6) is -1.21. The minimum absolute atomic E-state index is 0.0842. The monoisotopic (exact) mass is 405 g/mol. The quantitative estimate of drug-likeness (QED) is 0.731. The first-order valence-corrected chi connectivity index (χ1v) is 9.79. The SMILES string of the molecule is CCC(O)CCC(C)n1nccc1C1CCN(C(=O)C(C)(O)C(F)(F)F)CC1. The molecule has 0 bridgehead atoms. The second-order valence-electron chi connectivity index (χ2n) is 7.83. The van der Waals surface area contributed by atoms with E-state index >= 15 is 0 Å². The first kappa shape index (κ1) is 22.7. The Morgan fingerprint density at radius 3 is 2.46 bits per heavy atom. The zero-order valence-corrected chi connectivity index (χ0v) is 16.6. The van der Waals surface area contributed by atoms with Crippen molar-refractivity contribution >= 4 is 5.91 Å². The van der Waals surface area contributed by atoms with Gasteiger partial charge in [0, 0.05) is 36.9 Å². The molecule has 2 N–H and O–H groups in total. The molecule has 0 spiro atoms. The molecule has 3 unspecified atom stereocenters. The molecule has 1 aromatic rings. The first-order valence-electron chi connectivity index (χ1n) is 9.79. The number of piperidine rings is 1. The zero-order valence-electron chi connectivity index (χ0n) is 16.6. The molecule has 0 saturated carbocycles. The van der Waals surface area contributed by atoms with Crippen LogP contribution in [0.15, 0.2) is 12.3 Å². The summed E-state index contributed by atoms with van der Waals surface area (Å²) in [6.07, 6.45) is -0.465. The summed E-state index contributed by atoms with van der Waals surface area (Å²) in [5.41, 5.74) is -2.37. The van der Waals surface area contributed by atoms with Crippen molar-refractivity contribution in [3.8, 4) is 0 Å². The van der Waals surface area contributed by atoms with E-state index in [1.807, 2.05) is 24.6 Å². The summed E-state index contributed by atoms with van der Waals surface area (Å²) in [5, 5.41) is 23.8. The third-order valence-corrected chi connectivity index (χ3v) is 5.68. The van der Waals surface area contributed by atoms with Crippen LogP contribution in [-0.2, 0) is 4.79 Å². The fraction of sp³-hybridized carbons (Fsp3) is 0.789. The van der Waals surface area contributed by atoms with E-state index in [1.165, 1.54) is 0 Å². The number of hydrogen-bond donors (Lipinski definition) is 2. The molecule has 1 saturated heterocycles. The van der Waals surface area contributed by atoms with Gasteiger partial charge in [0.15, 0.2) is 0 Å². The van der Waals surface area contributed by atoms with E-state index in [9.17, 15) is 28.2 Å². The van der Waals surface area contributed by atoms with Crippen LogP contribution in [0, 0.1) is 0 Å². The van der Waals surface area contributed by atoms with Gasteiger partial charge in [0.05, 0.1) is 6.10 Å². The molecule has 28 heavy (non-hydrogen) atoms. The van der Waals surface area contributed by atoms with Crippen molar-refractivity contribution in [2.24, 2.45) is 0 Å². The molecule has 2 heterocycles. The number of carbonyl (C=O) groups excluding carboxylic acids is 1. The van der Waals surface area contributed by atoms with Gasteiger partial charge in [-0.1, -0.05) is 6.92 Å². The van der Waals surface area contributed by atoms with Gasteiger partial charge in [-0.2, -0.15) is 18.3 Å². The van der Waals surface area contributed by atoms with Crippen LogP contribution in [0.3, 0.4) is 0 Å². The lowest BCUT2D eigenvalue weighted by Crippen LogP contribution is -2.57. The minimum Gasteiger partial charge on any atom is -0.393 e. The number of carbonyl (C=O) groups is 1. The highest BCUT2D eigenvalue weighted by Crippen LogP contribution is 2.35. The van der Waals surface area contributed by atoms with Gasteiger partial charge in [-0.3, -0.25) is 9.48 Å². The number of hydrogen-bond acceptors (Lipinski definition) is 4. The highest BCUT2D eigenvalue weighted by atomic mass is 19.4. The second kappa shape index (κ2) is 8.82. The average Bonchev–Trinajstić information content (AvgIpc) is 3.14. The molecule has 6 nitrogen and oxygen atoms in total. The Hall–Kier alpha value is -1.61. The third-order valence-electron chi connectivity index (χ3n) is 5.68.